The quantitative estimate of drug-likeness (QED) is 0.910. The van der Waals surface area contributed by atoms with Gasteiger partial charge in [0.1, 0.15) is 11.4 Å². The summed E-state index contributed by atoms with van der Waals surface area (Å²) in [5.41, 5.74) is 1.02. The van der Waals surface area contributed by atoms with E-state index in [1.54, 1.807) is 27.3 Å². The van der Waals surface area contributed by atoms with Gasteiger partial charge in [-0.05, 0) is 31.2 Å². The highest BCUT2D eigenvalue weighted by Gasteiger charge is 2.26. The first-order chi connectivity index (χ1) is 11.0. The van der Waals surface area contributed by atoms with Crippen molar-refractivity contribution in [1.29, 1.82) is 0 Å². The molecule has 1 aliphatic heterocycles. The summed E-state index contributed by atoms with van der Waals surface area (Å²) in [5.74, 6) is -0.0248. The second-order valence-corrected chi connectivity index (χ2v) is 6.45. The van der Waals surface area contributed by atoms with Crippen LogP contribution in [0.15, 0.2) is 29.6 Å². The molecular formula is C16H17N3O3S. The Balaban J connectivity index is 1.61. The molecule has 120 valence electrons. The molecule has 1 fully saturated rings. The molecule has 1 saturated heterocycles. The number of aromatic nitrogens is 1. The number of piperazine rings is 1. The summed E-state index contributed by atoms with van der Waals surface area (Å²) in [6.07, 6.45) is 0. The van der Waals surface area contributed by atoms with Crippen molar-refractivity contribution in [2.75, 3.05) is 26.2 Å². The number of hydrogen-bond acceptors (Lipinski definition) is 5. The molecule has 1 aromatic carbocycles. The number of carbonyl (C=O) groups excluding carboxylic acids is 2. The monoisotopic (exact) mass is 331 g/mol. The molecule has 0 spiro atoms. The molecule has 1 N–H and O–H groups in total. The van der Waals surface area contributed by atoms with Crippen molar-refractivity contribution < 1.29 is 14.7 Å². The number of carbonyl (C=O) groups is 2. The Bertz CT molecular complexity index is 718. The topological polar surface area (TPSA) is 73.7 Å². The lowest BCUT2D eigenvalue weighted by Gasteiger charge is -2.34. The van der Waals surface area contributed by atoms with E-state index in [0.29, 0.717) is 37.4 Å². The molecule has 0 bridgehead atoms. The average Bonchev–Trinajstić information content (AvgIpc) is 3.01. The number of thiazole rings is 1. The Hall–Kier alpha value is -2.41. The van der Waals surface area contributed by atoms with E-state index >= 15 is 0 Å². The fraction of sp³-hybridized carbons (Fsp3) is 0.312. The lowest BCUT2D eigenvalue weighted by molar-refractivity contribution is 0.0532. The van der Waals surface area contributed by atoms with Crippen LogP contribution in [0.25, 0.3) is 0 Å². The van der Waals surface area contributed by atoms with Crippen LogP contribution in [0.3, 0.4) is 0 Å². The molecule has 1 aliphatic rings. The molecular weight excluding hydrogens is 314 g/mol. The number of hydrogen-bond donors (Lipinski definition) is 1. The van der Waals surface area contributed by atoms with E-state index in [2.05, 4.69) is 4.98 Å². The van der Waals surface area contributed by atoms with Crippen molar-refractivity contribution in [2.45, 2.75) is 6.92 Å². The Morgan fingerprint density at radius 2 is 1.61 bits per heavy atom. The van der Waals surface area contributed by atoms with Gasteiger partial charge in [0.2, 0.25) is 0 Å². The van der Waals surface area contributed by atoms with Gasteiger partial charge in [-0.1, -0.05) is 0 Å². The van der Waals surface area contributed by atoms with Gasteiger partial charge in [-0.3, -0.25) is 9.59 Å². The van der Waals surface area contributed by atoms with Crippen LogP contribution in [-0.2, 0) is 0 Å². The number of phenolic OH excluding ortho intramolecular Hbond substituents is 1. The maximum Gasteiger partial charge on any atom is 0.273 e. The molecule has 3 rings (SSSR count). The molecule has 0 aliphatic carbocycles. The third-order valence-electron chi connectivity index (χ3n) is 3.81. The Kier molecular flexibility index (Phi) is 4.29. The SMILES string of the molecule is Cc1nc(C(=O)N2CCN(C(=O)c3ccc(O)cc3)CC2)cs1. The van der Waals surface area contributed by atoms with Crippen molar-refractivity contribution in [3.63, 3.8) is 0 Å². The minimum Gasteiger partial charge on any atom is -0.508 e. The Morgan fingerprint density at radius 1 is 1.04 bits per heavy atom. The number of amides is 2. The van der Waals surface area contributed by atoms with Gasteiger partial charge in [-0.2, -0.15) is 0 Å². The summed E-state index contributed by atoms with van der Waals surface area (Å²) in [7, 11) is 0. The van der Waals surface area contributed by atoms with E-state index in [-0.39, 0.29) is 17.6 Å². The summed E-state index contributed by atoms with van der Waals surface area (Å²) in [5, 5.41) is 11.9. The lowest BCUT2D eigenvalue weighted by Crippen LogP contribution is -2.50. The number of aryl methyl sites for hydroxylation is 1. The third-order valence-corrected chi connectivity index (χ3v) is 4.58. The second-order valence-electron chi connectivity index (χ2n) is 5.38. The highest BCUT2D eigenvalue weighted by Crippen LogP contribution is 2.15. The van der Waals surface area contributed by atoms with Crippen molar-refractivity contribution >= 4 is 23.2 Å². The number of rotatable bonds is 2. The molecule has 0 saturated carbocycles. The first-order valence-electron chi connectivity index (χ1n) is 7.34. The van der Waals surface area contributed by atoms with Gasteiger partial charge in [-0.15, -0.1) is 11.3 Å². The predicted octanol–water partition coefficient (Wildman–Crippen LogP) is 1.76. The highest BCUT2D eigenvalue weighted by molar-refractivity contribution is 7.09. The summed E-state index contributed by atoms with van der Waals surface area (Å²) in [6, 6.07) is 6.20. The van der Waals surface area contributed by atoms with Crippen molar-refractivity contribution in [3.8, 4) is 5.75 Å². The van der Waals surface area contributed by atoms with Gasteiger partial charge < -0.3 is 14.9 Å². The average molecular weight is 331 g/mol. The third kappa shape index (κ3) is 3.34. The van der Waals surface area contributed by atoms with Crippen LogP contribution in [0.2, 0.25) is 0 Å². The van der Waals surface area contributed by atoms with Crippen molar-refractivity contribution in [2.24, 2.45) is 0 Å². The van der Waals surface area contributed by atoms with E-state index in [1.807, 2.05) is 6.92 Å². The smallest absolute Gasteiger partial charge is 0.273 e. The van der Waals surface area contributed by atoms with Crippen LogP contribution in [0.5, 0.6) is 5.75 Å². The van der Waals surface area contributed by atoms with Crippen LogP contribution in [0.1, 0.15) is 25.9 Å². The van der Waals surface area contributed by atoms with Crippen LogP contribution < -0.4 is 0 Å². The molecule has 1 aromatic heterocycles. The minimum atomic E-state index is -0.0819. The summed E-state index contributed by atoms with van der Waals surface area (Å²) >= 11 is 1.46. The fourth-order valence-corrected chi connectivity index (χ4v) is 3.11. The zero-order chi connectivity index (χ0) is 16.4. The largest absolute Gasteiger partial charge is 0.508 e. The van der Waals surface area contributed by atoms with Gasteiger partial charge in [0.05, 0.1) is 5.01 Å². The van der Waals surface area contributed by atoms with Crippen LogP contribution in [-0.4, -0.2) is 57.9 Å². The summed E-state index contributed by atoms with van der Waals surface area (Å²) in [4.78, 5) is 32.4. The van der Waals surface area contributed by atoms with Gasteiger partial charge >= 0.3 is 0 Å². The molecule has 2 amide bonds. The molecule has 0 radical (unpaired) electrons. The molecule has 2 heterocycles. The highest BCUT2D eigenvalue weighted by atomic mass is 32.1. The van der Waals surface area contributed by atoms with E-state index in [0.717, 1.165) is 5.01 Å². The van der Waals surface area contributed by atoms with Gasteiger partial charge in [-0.25, -0.2) is 4.98 Å². The van der Waals surface area contributed by atoms with Gasteiger partial charge in [0.15, 0.2) is 0 Å². The first-order valence-corrected chi connectivity index (χ1v) is 8.22. The molecule has 6 nitrogen and oxygen atoms in total. The van der Waals surface area contributed by atoms with Crippen LogP contribution in [0.4, 0.5) is 0 Å². The fourth-order valence-electron chi connectivity index (χ4n) is 2.52. The van der Waals surface area contributed by atoms with E-state index in [1.165, 1.54) is 23.5 Å². The van der Waals surface area contributed by atoms with E-state index in [4.69, 9.17) is 0 Å². The lowest BCUT2D eigenvalue weighted by atomic mass is 10.1. The first kappa shape index (κ1) is 15.5. The zero-order valence-electron chi connectivity index (χ0n) is 12.7. The van der Waals surface area contributed by atoms with Crippen LogP contribution in [0, 0.1) is 6.92 Å². The Labute approximate surface area is 138 Å². The number of aromatic hydroxyl groups is 1. The maximum absolute atomic E-state index is 12.4. The number of benzene rings is 1. The van der Waals surface area contributed by atoms with Gasteiger partial charge in [0, 0.05) is 37.1 Å². The van der Waals surface area contributed by atoms with Crippen LogP contribution >= 0.6 is 11.3 Å². The minimum absolute atomic E-state index is 0.0777. The molecule has 23 heavy (non-hydrogen) atoms. The number of nitrogens with zero attached hydrogens (tertiary/aromatic N) is 3. The Morgan fingerprint density at radius 3 is 2.13 bits per heavy atom. The van der Waals surface area contributed by atoms with E-state index in [9.17, 15) is 14.7 Å². The normalized spacial score (nSPS) is 14.8. The molecule has 7 heteroatoms. The maximum atomic E-state index is 12.4. The molecule has 2 aromatic rings. The van der Waals surface area contributed by atoms with Crippen molar-refractivity contribution in [1.82, 2.24) is 14.8 Å². The molecule has 0 unspecified atom stereocenters. The predicted molar refractivity (Wildman–Crippen MR) is 86.8 cm³/mol. The van der Waals surface area contributed by atoms with Gasteiger partial charge in [0.25, 0.3) is 11.8 Å². The zero-order valence-corrected chi connectivity index (χ0v) is 13.5. The second kappa shape index (κ2) is 6.37. The van der Waals surface area contributed by atoms with E-state index < -0.39 is 0 Å². The van der Waals surface area contributed by atoms with Crippen molar-refractivity contribution in [3.05, 3.63) is 45.9 Å². The number of phenols is 1. The summed E-state index contributed by atoms with van der Waals surface area (Å²) < 4.78 is 0. The summed E-state index contributed by atoms with van der Waals surface area (Å²) in [6.45, 7) is 3.86. The standard InChI is InChI=1S/C16H17N3O3S/c1-11-17-14(10-23-11)16(22)19-8-6-18(7-9-19)15(21)12-2-4-13(20)5-3-12/h2-5,10,20H,6-9H2,1H3. The molecule has 0 atom stereocenters.